The summed E-state index contributed by atoms with van der Waals surface area (Å²) in [5.41, 5.74) is 7.40. The van der Waals surface area contributed by atoms with Crippen molar-refractivity contribution in [2.24, 2.45) is 11.1 Å². The van der Waals surface area contributed by atoms with Crippen molar-refractivity contribution in [3.8, 4) is 0 Å². The first-order valence-corrected chi connectivity index (χ1v) is 6.58. The number of nitrogens with one attached hydrogen (secondary N) is 1. The Labute approximate surface area is 106 Å². The number of nitrogens with two attached hydrogens (primary N) is 1. The number of aromatic nitrogens is 1. The molecule has 3 rings (SSSR count). The standard InChI is InChI=1S/C15H18N2O/c16-10-15(7-3-4-8-15)14(18)12-9-17-13-6-2-1-5-11(12)13/h1-2,5-6,9,17H,3-4,7-8,10,16H2. The number of aromatic amines is 1. The summed E-state index contributed by atoms with van der Waals surface area (Å²) in [5, 5.41) is 1.02. The maximum atomic E-state index is 12.8. The van der Waals surface area contributed by atoms with Crippen molar-refractivity contribution in [3.05, 3.63) is 36.0 Å². The maximum Gasteiger partial charge on any atom is 0.172 e. The van der Waals surface area contributed by atoms with E-state index in [1.165, 1.54) is 0 Å². The molecular weight excluding hydrogens is 224 g/mol. The number of benzene rings is 1. The van der Waals surface area contributed by atoms with Crippen molar-refractivity contribution in [1.82, 2.24) is 4.98 Å². The van der Waals surface area contributed by atoms with Gasteiger partial charge < -0.3 is 10.7 Å². The molecule has 0 radical (unpaired) electrons. The minimum atomic E-state index is -0.315. The first kappa shape index (κ1) is 11.5. The van der Waals surface area contributed by atoms with Crippen molar-refractivity contribution in [2.75, 3.05) is 6.54 Å². The molecule has 0 atom stereocenters. The highest BCUT2D eigenvalue weighted by atomic mass is 16.1. The van der Waals surface area contributed by atoms with Crippen LogP contribution in [0, 0.1) is 5.41 Å². The van der Waals surface area contributed by atoms with Gasteiger partial charge in [-0.1, -0.05) is 31.0 Å². The number of ketones is 1. The van der Waals surface area contributed by atoms with Gasteiger partial charge in [0.1, 0.15) is 0 Å². The van der Waals surface area contributed by atoms with Crippen LogP contribution >= 0.6 is 0 Å². The molecule has 0 aliphatic heterocycles. The molecule has 0 amide bonds. The normalized spacial score (nSPS) is 18.3. The second kappa shape index (κ2) is 4.25. The Kier molecular flexibility index (Phi) is 2.71. The van der Waals surface area contributed by atoms with E-state index in [1.807, 2.05) is 30.5 Å². The number of carbonyl (C=O) groups is 1. The molecule has 1 fully saturated rings. The first-order chi connectivity index (χ1) is 8.77. The third-order valence-electron chi connectivity index (χ3n) is 4.27. The number of para-hydroxylation sites is 1. The predicted octanol–water partition coefficient (Wildman–Crippen LogP) is 2.87. The summed E-state index contributed by atoms with van der Waals surface area (Å²) in [6, 6.07) is 7.94. The van der Waals surface area contributed by atoms with Crippen LogP contribution in [0.25, 0.3) is 10.9 Å². The lowest BCUT2D eigenvalue weighted by Gasteiger charge is -2.25. The summed E-state index contributed by atoms with van der Waals surface area (Å²) in [4.78, 5) is 15.9. The predicted molar refractivity (Wildman–Crippen MR) is 72.6 cm³/mol. The molecule has 0 saturated heterocycles. The Morgan fingerprint density at radius 3 is 2.72 bits per heavy atom. The Hall–Kier alpha value is -1.61. The van der Waals surface area contributed by atoms with Crippen LogP contribution in [0.1, 0.15) is 36.0 Å². The lowest BCUT2D eigenvalue weighted by molar-refractivity contribution is 0.0812. The molecule has 0 bridgehead atoms. The zero-order valence-electron chi connectivity index (χ0n) is 10.4. The SMILES string of the molecule is NCC1(C(=O)c2c[nH]c3ccccc23)CCCC1. The van der Waals surface area contributed by atoms with Crippen LogP contribution in [0.15, 0.2) is 30.5 Å². The first-order valence-electron chi connectivity index (χ1n) is 6.58. The van der Waals surface area contributed by atoms with Crippen LogP contribution in [0.4, 0.5) is 0 Å². The minimum absolute atomic E-state index is 0.222. The number of fused-ring (bicyclic) bond motifs is 1. The van der Waals surface area contributed by atoms with Crippen molar-refractivity contribution in [1.29, 1.82) is 0 Å². The van der Waals surface area contributed by atoms with Gasteiger partial charge in [-0.2, -0.15) is 0 Å². The maximum absolute atomic E-state index is 12.8. The van der Waals surface area contributed by atoms with Gasteiger partial charge in [-0.25, -0.2) is 0 Å². The Bertz CT molecular complexity index is 579. The van der Waals surface area contributed by atoms with Gasteiger partial charge >= 0.3 is 0 Å². The molecule has 18 heavy (non-hydrogen) atoms. The van der Waals surface area contributed by atoms with Gasteiger partial charge in [-0.15, -0.1) is 0 Å². The van der Waals surface area contributed by atoms with Gasteiger partial charge in [0.25, 0.3) is 0 Å². The summed E-state index contributed by atoms with van der Waals surface area (Å²) in [7, 11) is 0. The minimum Gasteiger partial charge on any atom is -0.360 e. The summed E-state index contributed by atoms with van der Waals surface area (Å²) < 4.78 is 0. The Morgan fingerprint density at radius 1 is 1.28 bits per heavy atom. The summed E-state index contributed by atoms with van der Waals surface area (Å²) in [5.74, 6) is 0.222. The topological polar surface area (TPSA) is 58.9 Å². The summed E-state index contributed by atoms with van der Waals surface area (Å²) in [6.45, 7) is 0.464. The molecule has 3 nitrogen and oxygen atoms in total. The molecule has 3 heteroatoms. The average molecular weight is 242 g/mol. The lowest BCUT2D eigenvalue weighted by Crippen LogP contribution is -2.36. The van der Waals surface area contributed by atoms with E-state index in [4.69, 9.17) is 5.73 Å². The van der Waals surface area contributed by atoms with Crippen LogP contribution in [0.5, 0.6) is 0 Å². The number of Topliss-reactive ketones (excluding diaryl/α,β-unsaturated/α-hetero) is 1. The molecule has 1 aromatic carbocycles. The van der Waals surface area contributed by atoms with Gasteiger partial charge in [-0.3, -0.25) is 4.79 Å². The zero-order valence-corrected chi connectivity index (χ0v) is 10.4. The zero-order chi connectivity index (χ0) is 12.6. The molecule has 0 unspecified atom stereocenters. The van der Waals surface area contributed by atoms with E-state index in [-0.39, 0.29) is 11.2 Å². The van der Waals surface area contributed by atoms with Crippen molar-refractivity contribution in [3.63, 3.8) is 0 Å². The number of rotatable bonds is 3. The third-order valence-corrected chi connectivity index (χ3v) is 4.27. The van der Waals surface area contributed by atoms with E-state index in [1.54, 1.807) is 0 Å². The van der Waals surface area contributed by atoms with Crippen molar-refractivity contribution in [2.45, 2.75) is 25.7 Å². The number of hydrogen-bond donors (Lipinski definition) is 2. The van der Waals surface area contributed by atoms with Crippen molar-refractivity contribution < 1.29 is 4.79 Å². The number of H-pyrrole nitrogens is 1. The Balaban J connectivity index is 2.06. The monoisotopic (exact) mass is 242 g/mol. The van der Waals surface area contributed by atoms with Crippen LogP contribution in [0.2, 0.25) is 0 Å². The van der Waals surface area contributed by atoms with Gasteiger partial charge in [0.2, 0.25) is 0 Å². The largest absolute Gasteiger partial charge is 0.360 e. The summed E-state index contributed by atoms with van der Waals surface area (Å²) >= 11 is 0. The van der Waals surface area contributed by atoms with Gasteiger partial charge in [0.05, 0.1) is 0 Å². The molecule has 1 aliphatic carbocycles. The second-order valence-corrected chi connectivity index (χ2v) is 5.27. The molecule has 1 heterocycles. The molecule has 3 N–H and O–H groups in total. The van der Waals surface area contributed by atoms with E-state index in [2.05, 4.69) is 4.98 Å². The molecule has 0 spiro atoms. The van der Waals surface area contributed by atoms with Crippen LogP contribution in [-0.2, 0) is 0 Å². The molecule has 1 aromatic heterocycles. The summed E-state index contributed by atoms with van der Waals surface area (Å²) in [6.07, 6.45) is 5.93. The molecule has 1 aliphatic rings. The highest BCUT2D eigenvalue weighted by Gasteiger charge is 2.40. The number of carbonyl (C=O) groups excluding carboxylic acids is 1. The van der Waals surface area contributed by atoms with E-state index >= 15 is 0 Å². The average Bonchev–Trinajstić information content (AvgIpc) is 3.05. The van der Waals surface area contributed by atoms with Gasteiger partial charge in [0.15, 0.2) is 5.78 Å². The number of hydrogen-bond acceptors (Lipinski definition) is 2. The van der Waals surface area contributed by atoms with Gasteiger partial charge in [0, 0.05) is 34.6 Å². The Morgan fingerprint density at radius 2 is 2.00 bits per heavy atom. The van der Waals surface area contributed by atoms with E-state index in [0.717, 1.165) is 42.1 Å². The fourth-order valence-electron chi connectivity index (χ4n) is 3.12. The van der Waals surface area contributed by atoms with Crippen LogP contribution < -0.4 is 5.73 Å². The van der Waals surface area contributed by atoms with Crippen LogP contribution in [-0.4, -0.2) is 17.3 Å². The highest BCUT2D eigenvalue weighted by Crippen LogP contribution is 2.41. The highest BCUT2D eigenvalue weighted by molar-refractivity contribution is 6.10. The lowest BCUT2D eigenvalue weighted by atomic mass is 9.79. The fraction of sp³-hybridized carbons (Fsp3) is 0.400. The van der Waals surface area contributed by atoms with Crippen LogP contribution in [0.3, 0.4) is 0 Å². The molecule has 94 valence electrons. The van der Waals surface area contributed by atoms with E-state index in [0.29, 0.717) is 6.54 Å². The van der Waals surface area contributed by atoms with E-state index < -0.39 is 0 Å². The smallest absolute Gasteiger partial charge is 0.172 e. The quantitative estimate of drug-likeness (QED) is 0.813. The van der Waals surface area contributed by atoms with Crippen molar-refractivity contribution >= 4 is 16.7 Å². The molecule has 2 aromatic rings. The fourth-order valence-corrected chi connectivity index (χ4v) is 3.12. The second-order valence-electron chi connectivity index (χ2n) is 5.27. The molecular formula is C15H18N2O. The van der Waals surface area contributed by atoms with E-state index in [9.17, 15) is 4.79 Å². The van der Waals surface area contributed by atoms with Gasteiger partial charge in [-0.05, 0) is 18.9 Å². The molecule has 1 saturated carbocycles. The third kappa shape index (κ3) is 1.58.